The average Bonchev–Trinajstić information content (AvgIpc) is 3.32. The molecule has 0 saturated carbocycles. The van der Waals surface area contributed by atoms with Crippen molar-refractivity contribution in [3.63, 3.8) is 0 Å². The lowest BCUT2D eigenvalue weighted by atomic mass is 10.1. The minimum atomic E-state index is -0.597. The average molecular weight is 913 g/mol. The second-order valence-electron chi connectivity index (χ2n) is 17.4. The Balaban J connectivity index is 4.44. The van der Waals surface area contributed by atoms with Crippen LogP contribution in [-0.2, 0) is 23.8 Å². The Morgan fingerprint density at radius 2 is 0.682 bits per heavy atom. The quantitative estimate of drug-likeness (QED) is 0.0346. The summed E-state index contributed by atoms with van der Waals surface area (Å²) in [4.78, 5) is 25.5. The van der Waals surface area contributed by atoms with Crippen LogP contribution < -0.4 is 0 Å². The van der Waals surface area contributed by atoms with E-state index >= 15 is 0 Å². The molecule has 5 heteroatoms. The second kappa shape index (κ2) is 55.6. The smallest absolute Gasteiger partial charge is 0.306 e. The lowest BCUT2D eigenvalue weighted by Crippen LogP contribution is -2.30. The van der Waals surface area contributed by atoms with Crippen LogP contribution in [0.5, 0.6) is 0 Å². The Kier molecular flexibility index (Phi) is 52.5. The van der Waals surface area contributed by atoms with E-state index < -0.39 is 6.10 Å². The van der Waals surface area contributed by atoms with Crippen molar-refractivity contribution in [2.75, 3.05) is 19.8 Å². The van der Waals surface area contributed by atoms with Gasteiger partial charge in [-0.15, -0.1) is 0 Å². The molecule has 0 aromatic heterocycles. The maximum absolute atomic E-state index is 12.8. The third-order valence-electron chi connectivity index (χ3n) is 11.0. The molecule has 0 rings (SSSR count). The normalized spacial score (nSPS) is 13.2. The van der Waals surface area contributed by atoms with Crippen LogP contribution in [-0.4, -0.2) is 37.9 Å². The molecule has 0 aliphatic carbocycles. The van der Waals surface area contributed by atoms with Gasteiger partial charge in [0.05, 0.1) is 13.2 Å². The molecule has 0 fully saturated rings. The maximum Gasteiger partial charge on any atom is 0.306 e. The van der Waals surface area contributed by atoms with E-state index in [2.05, 4.69) is 142 Å². The summed E-state index contributed by atoms with van der Waals surface area (Å²) in [6.07, 6.45) is 78.0. The van der Waals surface area contributed by atoms with Crippen LogP contribution in [0.1, 0.15) is 226 Å². The summed E-state index contributed by atoms with van der Waals surface area (Å²) in [5.74, 6) is -0.474. The second-order valence-corrected chi connectivity index (χ2v) is 17.4. The largest absolute Gasteiger partial charge is 0.462 e. The topological polar surface area (TPSA) is 61.8 Å². The van der Waals surface area contributed by atoms with Gasteiger partial charge in [0.25, 0.3) is 0 Å². The SMILES string of the molecule is CC/C=C\C/C=C\C/C=C\C/C=C\C/C=C\CCOCC(COC(=O)CCCCCCCC/C=C\C/C=C\C/C=C\CCCCC)OC(=O)CCCCCCC/C=C\C/C=C\CCCCC. The number of hydrogen-bond acceptors (Lipinski definition) is 5. The predicted octanol–water partition coefficient (Wildman–Crippen LogP) is 18.6. The molecular formula is C61H100O5. The van der Waals surface area contributed by atoms with Crippen molar-refractivity contribution in [3.05, 3.63) is 122 Å². The first-order chi connectivity index (χ1) is 32.6. The highest BCUT2D eigenvalue weighted by Crippen LogP contribution is 2.12. The minimum Gasteiger partial charge on any atom is -0.462 e. The Labute approximate surface area is 407 Å². The summed E-state index contributed by atoms with van der Waals surface area (Å²) in [6, 6.07) is 0. The van der Waals surface area contributed by atoms with Gasteiger partial charge in [0.2, 0.25) is 0 Å². The van der Waals surface area contributed by atoms with Gasteiger partial charge in [0, 0.05) is 12.8 Å². The number of ether oxygens (including phenoxy) is 3. The Bertz CT molecular complexity index is 1350. The van der Waals surface area contributed by atoms with Crippen LogP contribution in [0.4, 0.5) is 0 Å². The number of carbonyl (C=O) groups is 2. The zero-order valence-electron chi connectivity index (χ0n) is 42.9. The highest BCUT2D eigenvalue weighted by Gasteiger charge is 2.17. The van der Waals surface area contributed by atoms with Crippen molar-refractivity contribution >= 4 is 11.9 Å². The summed E-state index contributed by atoms with van der Waals surface area (Å²) in [6.45, 7) is 7.41. The highest BCUT2D eigenvalue weighted by molar-refractivity contribution is 5.70. The minimum absolute atomic E-state index is 0.0356. The number of allylic oxidation sites excluding steroid dienone is 19. The number of hydrogen-bond donors (Lipinski definition) is 0. The van der Waals surface area contributed by atoms with Crippen LogP contribution in [0.3, 0.4) is 0 Å². The number of rotatable bonds is 48. The summed E-state index contributed by atoms with van der Waals surface area (Å²) < 4.78 is 17.3. The van der Waals surface area contributed by atoms with E-state index in [-0.39, 0.29) is 25.2 Å². The van der Waals surface area contributed by atoms with Gasteiger partial charge in [-0.2, -0.15) is 0 Å². The van der Waals surface area contributed by atoms with Crippen LogP contribution in [0.2, 0.25) is 0 Å². The van der Waals surface area contributed by atoms with Gasteiger partial charge in [-0.05, 0) is 122 Å². The number of esters is 2. The molecule has 0 saturated heterocycles. The Morgan fingerprint density at radius 1 is 0.348 bits per heavy atom. The molecule has 1 atom stereocenters. The fourth-order valence-electron chi connectivity index (χ4n) is 6.96. The molecular weight excluding hydrogens is 813 g/mol. The Hall–Kier alpha value is -3.70. The third-order valence-corrected chi connectivity index (χ3v) is 11.0. The molecule has 0 aliphatic heterocycles. The summed E-state index contributed by atoms with van der Waals surface area (Å²) in [5, 5.41) is 0. The summed E-state index contributed by atoms with van der Waals surface area (Å²) in [7, 11) is 0. The monoisotopic (exact) mass is 913 g/mol. The van der Waals surface area contributed by atoms with Gasteiger partial charge in [0.15, 0.2) is 6.10 Å². The van der Waals surface area contributed by atoms with Gasteiger partial charge in [-0.25, -0.2) is 0 Å². The van der Waals surface area contributed by atoms with Crippen LogP contribution in [0, 0.1) is 0 Å². The van der Waals surface area contributed by atoms with Gasteiger partial charge in [-0.1, -0.05) is 213 Å². The molecule has 374 valence electrons. The van der Waals surface area contributed by atoms with Crippen LogP contribution in [0.15, 0.2) is 122 Å². The molecule has 0 spiro atoms. The number of carbonyl (C=O) groups excluding carboxylic acids is 2. The molecule has 5 nitrogen and oxygen atoms in total. The van der Waals surface area contributed by atoms with Crippen molar-refractivity contribution in [2.24, 2.45) is 0 Å². The molecule has 0 N–H and O–H groups in total. The van der Waals surface area contributed by atoms with Gasteiger partial charge >= 0.3 is 11.9 Å². The van der Waals surface area contributed by atoms with E-state index in [0.29, 0.717) is 19.4 Å². The Morgan fingerprint density at radius 3 is 1.09 bits per heavy atom. The van der Waals surface area contributed by atoms with Crippen molar-refractivity contribution in [1.29, 1.82) is 0 Å². The molecule has 66 heavy (non-hydrogen) atoms. The van der Waals surface area contributed by atoms with E-state index in [0.717, 1.165) is 109 Å². The lowest BCUT2D eigenvalue weighted by Gasteiger charge is -2.18. The zero-order valence-corrected chi connectivity index (χ0v) is 42.9. The first kappa shape index (κ1) is 62.3. The van der Waals surface area contributed by atoms with Crippen LogP contribution in [0.25, 0.3) is 0 Å². The van der Waals surface area contributed by atoms with Crippen molar-refractivity contribution in [1.82, 2.24) is 0 Å². The third kappa shape index (κ3) is 52.9. The summed E-state index contributed by atoms with van der Waals surface area (Å²) in [5.41, 5.74) is 0. The van der Waals surface area contributed by atoms with E-state index in [9.17, 15) is 9.59 Å². The first-order valence-corrected chi connectivity index (χ1v) is 27.1. The first-order valence-electron chi connectivity index (χ1n) is 27.1. The lowest BCUT2D eigenvalue weighted by molar-refractivity contribution is -0.162. The van der Waals surface area contributed by atoms with Crippen molar-refractivity contribution < 1.29 is 23.8 Å². The van der Waals surface area contributed by atoms with Gasteiger partial charge < -0.3 is 14.2 Å². The predicted molar refractivity (Wildman–Crippen MR) is 288 cm³/mol. The van der Waals surface area contributed by atoms with Gasteiger partial charge in [0.1, 0.15) is 6.61 Å². The highest BCUT2D eigenvalue weighted by atomic mass is 16.6. The molecule has 0 aliphatic rings. The van der Waals surface area contributed by atoms with Crippen molar-refractivity contribution in [2.45, 2.75) is 232 Å². The fraction of sp³-hybridized carbons (Fsp3) is 0.639. The molecule has 0 bridgehead atoms. The summed E-state index contributed by atoms with van der Waals surface area (Å²) >= 11 is 0. The number of unbranched alkanes of at least 4 members (excludes halogenated alkanes) is 17. The standard InChI is InChI=1S/C61H100O5/c1-4-7-10-13-16-19-22-25-28-30-31-32-34-36-39-42-45-48-51-54-60(62)65-58-59(57-64-56-53-50-47-44-41-38-35-29-26-23-20-17-14-11-8-5-2)66-61(63)55-52-49-46-43-40-37-33-27-24-21-18-15-12-9-6-3/h8,11,16-21,25-29,31-33,38,41,47,50,59H,4-7,9-10,12-15,22-24,30,34-37,39-40,42-46,48-49,51-58H2,1-3H3/b11-8-,19-16-,20-17-,21-18-,28-25-,29-26-,32-31-,33-27-,41-38-,50-47-. The maximum atomic E-state index is 12.8. The van der Waals surface area contributed by atoms with E-state index in [1.54, 1.807) is 0 Å². The van der Waals surface area contributed by atoms with E-state index in [4.69, 9.17) is 14.2 Å². The molecule has 1 unspecified atom stereocenters. The van der Waals surface area contributed by atoms with Gasteiger partial charge in [-0.3, -0.25) is 9.59 Å². The van der Waals surface area contributed by atoms with E-state index in [1.165, 1.54) is 83.5 Å². The molecule has 0 heterocycles. The fourth-order valence-corrected chi connectivity index (χ4v) is 6.96. The zero-order chi connectivity index (χ0) is 47.7. The molecule has 0 aromatic rings. The molecule has 0 radical (unpaired) electrons. The molecule has 0 aromatic carbocycles. The molecule has 0 amide bonds. The van der Waals surface area contributed by atoms with E-state index in [1.807, 2.05) is 0 Å². The van der Waals surface area contributed by atoms with Crippen LogP contribution >= 0.6 is 0 Å². The van der Waals surface area contributed by atoms with Crippen molar-refractivity contribution in [3.8, 4) is 0 Å².